The molecule has 0 amide bonds. The Hall–Kier alpha value is -1.78. The fourth-order valence-corrected chi connectivity index (χ4v) is 2.72. The minimum atomic E-state index is -0.967. The van der Waals surface area contributed by atoms with E-state index in [1.807, 2.05) is 0 Å². The predicted octanol–water partition coefficient (Wildman–Crippen LogP) is 2.38. The van der Waals surface area contributed by atoms with Gasteiger partial charge in [0, 0.05) is 13.1 Å². The number of nitrogens with two attached hydrogens (primary N) is 1. The van der Waals surface area contributed by atoms with Crippen LogP contribution in [0.2, 0.25) is 0 Å². The van der Waals surface area contributed by atoms with Crippen molar-refractivity contribution in [2.75, 3.05) is 23.7 Å². The highest BCUT2D eigenvalue weighted by Crippen LogP contribution is 2.27. The van der Waals surface area contributed by atoms with E-state index in [0.29, 0.717) is 11.5 Å². The molecule has 1 saturated heterocycles. The van der Waals surface area contributed by atoms with Gasteiger partial charge in [-0.1, -0.05) is 19.8 Å². The van der Waals surface area contributed by atoms with Crippen LogP contribution < -0.4 is 10.6 Å². The maximum Gasteiger partial charge on any atom is 0.339 e. The van der Waals surface area contributed by atoms with Gasteiger partial charge in [0.2, 0.25) is 0 Å². The molecule has 5 heteroatoms. The van der Waals surface area contributed by atoms with Crippen LogP contribution in [0, 0.1) is 5.92 Å². The van der Waals surface area contributed by atoms with E-state index < -0.39 is 5.97 Å². The molecule has 3 N–H and O–H groups in total. The van der Waals surface area contributed by atoms with E-state index in [-0.39, 0.29) is 5.56 Å². The molecule has 1 aliphatic rings. The third-order valence-electron chi connectivity index (χ3n) is 3.73. The molecule has 2 heterocycles. The molecule has 1 fully saturated rings. The average molecular weight is 263 g/mol. The summed E-state index contributed by atoms with van der Waals surface area (Å²) in [6, 6.07) is 1.49. The van der Waals surface area contributed by atoms with Crippen molar-refractivity contribution >= 4 is 17.5 Å². The van der Waals surface area contributed by atoms with Crippen LogP contribution in [-0.2, 0) is 0 Å². The molecule has 0 atom stereocenters. The summed E-state index contributed by atoms with van der Waals surface area (Å²) in [6.07, 6.45) is 6.22. The van der Waals surface area contributed by atoms with E-state index in [1.165, 1.54) is 25.1 Å². The fraction of sp³-hybridized carbons (Fsp3) is 0.571. The Morgan fingerprint density at radius 3 is 2.79 bits per heavy atom. The van der Waals surface area contributed by atoms with E-state index in [4.69, 9.17) is 5.73 Å². The van der Waals surface area contributed by atoms with Crippen molar-refractivity contribution in [3.05, 3.63) is 17.8 Å². The molecule has 0 aromatic carbocycles. The molecule has 0 radical (unpaired) electrons. The molecule has 0 unspecified atom stereocenters. The molecule has 0 saturated carbocycles. The number of aromatic carboxylic acids is 1. The van der Waals surface area contributed by atoms with Gasteiger partial charge in [0.1, 0.15) is 11.4 Å². The van der Waals surface area contributed by atoms with E-state index in [9.17, 15) is 9.90 Å². The standard InChI is InChI=1S/C14H21N3O2/c1-2-3-10-4-6-17(7-5-10)13-12(14(18)19)8-11(15)9-16-13/h8-10H,2-7,15H2,1H3,(H,18,19). The van der Waals surface area contributed by atoms with E-state index in [2.05, 4.69) is 16.8 Å². The van der Waals surface area contributed by atoms with Crippen molar-refractivity contribution in [2.24, 2.45) is 5.92 Å². The zero-order valence-electron chi connectivity index (χ0n) is 11.3. The number of carboxylic acid groups (broad SMARTS) is 1. The molecule has 0 aliphatic carbocycles. The normalized spacial score (nSPS) is 16.6. The third kappa shape index (κ3) is 3.16. The Morgan fingerprint density at radius 2 is 2.21 bits per heavy atom. The zero-order valence-corrected chi connectivity index (χ0v) is 11.3. The van der Waals surface area contributed by atoms with E-state index >= 15 is 0 Å². The second-order valence-electron chi connectivity index (χ2n) is 5.16. The van der Waals surface area contributed by atoms with E-state index in [0.717, 1.165) is 31.8 Å². The molecule has 2 rings (SSSR count). The summed E-state index contributed by atoms with van der Waals surface area (Å²) in [4.78, 5) is 17.5. The van der Waals surface area contributed by atoms with Gasteiger partial charge in [0.25, 0.3) is 0 Å². The number of nitrogen functional groups attached to an aromatic ring is 1. The van der Waals surface area contributed by atoms with Gasteiger partial charge in [0.15, 0.2) is 0 Å². The van der Waals surface area contributed by atoms with Crippen molar-refractivity contribution < 1.29 is 9.90 Å². The summed E-state index contributed by atoms with van der Waals surface area (Å²) in [5.74, 6) is 0.352. The second kappa shape index (κ2) is 5.91. The Balaban J connectivity index is 2.13. The van der Waals surface area contributed by atoms with Crippen molar-refractivity contribution in [1.29, 1.82) is 0 Å². The topological polar surface area (TPSA) is 79.5 Å². The highest BCUT2D eigenvalue weighted by atomic mass is 16.4. The largest absolute Gasteiger partial charge is 0.478 e. The van der Waals surface area contributed by atoms with Gasteiger partial charge in [-0.25, -0.2) is 9.78 Å². The summed E-state index contributed by atoms with van der Waals surface area (Å²) < 4.78 is 0. The molecule has 0 bridgehead atoms. The number of rotatable bonds is 4. The van der Waals surface area contributed by atoms with Gasteiger partial charge in [-0.2, -0.15) is 0 Å². The van der Waals surface area contributed by atoms with Gasteiger partial charge in [-0.15, -0.1) is 0 Å². The van der Waals surface area contributed by atoms with E-state index in [1.54, 1.807) is 0 Å². The zero-order chi connectivity index (χ0) is 13.8. The average Bonchev–Trinajstić information content (AvgIpc) is 2.40. The molecule has 1 aromatic heterocycles. The van der Waals surface area contributed by atoms with Crippen molar-refractivity contribution in [3.8, 4) is 0 Å². The smallest absolute Gasteiger partial charge is 0.339 e. The van der Waals surface area contributed by atoms with Gasteiger partial charge in [-0.05, 0) is 24.8 Å². The molecule has 1 aliphatic heterocycles. The Bertz CT molecular complexity index is 454. The number of hydrogen-bond donors (Lipinski definition) is 2. The summed E-state index contributed by atoms with van der Waals surface area (Å²) in [7, 11) is 0. The first-order valence-corrected chi connectivity index (χ1v) is 6.85. The lowest BCUT2D eigenvalue weighted by atomic mass is 9.92. The second-order valence-corrected chi connectivity index (χ2v) is 5.16. The number of aromatic nitrogens is 1. The van der Waals surface area contributed by atoms with Crippen LogP contribution in [0.4, 0.5) is 11.5 Å². The summed E-state index contributed by atoms with van der Waals surface area (Å²) in [5.41, 5.74) is 6.21. The first kappa shape index (κ1) is 13.6. The Kier molecular flexibility index (Phi) is 4.24. The van der Waals surface area contributed by atoms with Crippen LogP contribution in [0.15, 0.2) is 12.3 Å². The molecule has 19 heavy (non-hydrogen) atoms. The van der Waals surface area contributed by atoms with Gasteiger partial charge in [0.05, 0.1) is 11.9 Å². The van der Waals surface area contributed by atoms with Crippen LogP contribution in [-0.4, -0.2) is 29.1 Å². The van der Waals surface area contributed by atoms with Crippen LogP contribution in [0.5, 0.6) is 0 Å². The molecular formula is C14H21N3O2. The minimum Gasteiger partial charge on any atom is -0.478 e. The lowest BCUT2D eigenvalue weighted by Crippen LogP contribution is -2.35. The van der Waals surface area contributed by atoms with Crippen LogP contribution >= 0.6 is 0 Å². The first-order valence-electron chi connectivity index (χ1n) is 6.85. The lowest BCUT2D eigenvalue weighted by Gasteiger charge is -2.33. The highest BCUT2D eigenvalue weighted by molar-refractivity contribution is 5.94. The number of nitrogens with zero attached hydrogens (tertiary/aromatic N) is 2. The maximum absolute atomic E-state index is 11.3. The van der Waals surface area contributed by atoms with Crippen LogP contribution in [0.25, 0.3) is 0 Å². The molecule has 1 aromatic rings. The van der Waals surface area contributed by atoms with Crippen molar-refractivity contribution in [2.45, 2.75) is 32.6 Å². The van der Waals surface area contributed by atoms with Crippen molar-refractivity contribution in [3.63, 3.8) is 0 Å². The van der Waals surface area contributed by atoms with Crippen LogP contribution in [0.1, 0.15) is 43.0 Å². The van der Waals surface area contributed by atoms with Gasteiger partial charge in [-0.3, -0.25) is 0 Å². The van der Waals surface area contributed by atoms with Crippen molar-refractivity contribution in [1.82, 2.24) is 4.98 Å². The third-order valence-corrected chi connectivity index (χ3v) is 3.73. The molecule has 104 valence electrons. The van der Waals surface area contributed by atoms with Gasteiger partial charge >= 0.3 is 5.97 Å². The van der Waals surface area contributed by atoms with Gasteiger partial charge < -0.3 is 15.7 Å². The highest BCUT2D eigenvalue weighted by Gasteiger charge is 2.23. The quantitative estimate of drug-likeness (QED) is 0.871. The maximum atomic E-state index is 11.3. The minimum absolute atomic E-state index is 0.203. The Labute approximate surface area is 113 Å². The number of pyridine rings is 1. The molecule has 0 spiro atoms. The Morgan fingerprint density at radius 1 is 1.53 bits per heavy atom. The predicted molar refractivity (Wildman–Crippen MR) is 75.5 cm³/mol. The number of carbonyl (C=O) groups is 1. The molecule has 5 nitrogen and oxygen atoms in total. The monoisotopic (exact) mass is 263 g/mol. The first-order chi connectivity index (χ1) is 9.11. The fourth-order valence-electron chi connectivity index (χ4n) is 2.72. The summed E-state index contributed by atoms with van der Waals surface area (Å²) in [6.45, 7) is 3.96. The number of piperidine rings is 1. The number of anilines is 2. The number of carboxylic acids is 1. The summed E-state index contributed by atoms with van der Waals surface area (Å²) in [5, 5.41) is 9.23. The lowest BCUT2D eigenvalue weighted by molar-refractivity contribution is 0.0697. The van der Waals surface area contributed by atoms with Crippen LogP contribution in [0.3, 0.4) is 0 Å². The number of hydrogen-bond acceptors (Lipinski definition) is 4. The molecular weight excluding hydrogens is 242 g/mol. The SMILES string of the molecule is CCCC1CCN(c2ncc(N)cc2C(=O)O)CC1. The summed E-state index contributed by atoms with van der Waals surface area (Å²) >= 11 is 0.